The Bertz CT molecular complexity index is 181. The van der Waals surface area contributed by atoms with E-state index in [1.165, 1.54) is 19.3 Å². The van der Waals surface area contributed by atoms with E-state index in [1.54, 1.807) is 0 Å². The summed E-state index contributed by atoms with van der Waals surface area (Å²) in [6.45, 7) is 9.77. The molecule has 0 aromatic rings. The summed E-state index contributed by atoms with van der Waals surface area (Å²) >= 11 is 0. The maximum atomic E-state index is 5.78. The van der Waals surface area contributed by atoms with Crippen molar-refractivity contribution in [1.29, 1.82) is 0 Å². The second-order valence-corrected chi connectivity index (χ2v) is 5.02. The lowest BCUT2D eigenvalue weighted by molar-refractivity contribution is -0.00902. The molecule has 0 radical (unpaired) electrons. The molecule has 1 fully saturated rings. The Morgan fingerprint density at radius 3 is 2.69 bits per heavy atom. The zero-order valence-corrected chi connectivity index (χ0v) is 11.3. The minimum Gasteiger partial charge on any atom is -0.377 e. The van der Waals surface area contributed by atoms with Crippen LogP contribution in [0.5, 0.6) is 0 Å². The Morgan fingerprint density at radius 1 is 1.38 bits per heavy atom. The first-order chi connectivity index (χ1) is 7.65. The van der Waals surface area contributed by atoms with E-state index in [0.717, 1.165) is 19.7 Å². The summed E-state index contributed by atoms with van der Waals surface area (Å²) in [6, 6.07) is 1.10. The summed E-state index contributed by atoms with van der Waals surface area (Å²) in [7, 11) is 2.20. The SMILES string of the molecule is CCNC(C)C(C)N(C)CC1CCCCO1. The van der Waals surface area contributed by atoms with Crippen molar-refractivity contribution in [1.82, 2.24) is 10.2 Å². The van der Waals surface area contributed by atoms with Crippen molar-refractivity contribution in [2.24, 2.45) is 0 Å². The number of ether oxygens (including phenoxy) is 1. The summed E-state index contributed by atoms with van der Waals surface area (Å²) in [6.07, 6.45) is 4.25. The van der Waals surface area contributed by atoms with Gasteiger partial charge >= 0.3 is 0 Å². The number of nitrogens with zero attached hydrogens (tertiary/aromatic N) is 1. The molecule has 0 saturated carbocycles. The minimum absolute atomic E-state index is 0.454. The van der Waals surface area contributed by atoms with Crippen LogP contribution in [-0.4, -0.2) is 49.8 Å². The van der Waals surface area contributed by atoms with Gasteiger partial charge in [0.15, 0.2) is 0 Å². The van der Waals surface area contributed by atoms with E-state index < -0.39 is 0 Å². The number of nitrogens with one attached hydrogen (secondary N) is 1. The minimum atomic E-state index is 0.454. The van der Waals surface area contributed by atoms with Crippen molar-refractivity contribution in [3.63, 3.8) is 0 Å². The van der Waals surface area contributed by atoms with E-state index >= 15 is 0 Å². The van der Waals surface area contributed by atoms with Gasteiger partial charge in [0.25, 0.3) is 0 Å². The van der Waals surface area contributed by atoms with Crippen LogP contribution in [0.25, 0.3) is 0 Å². The van der Waals surface area contributed by atoms with Gasteiger partial charge in [0.1, 0.15) is 0 Å². The molecule has 0 aliphatic carbocycles. The van der Waals surface area contributed by atoms with Crippen LogP contribution in [0.2, 0.25) is 0 Å². The molecule has 3 atom stereocenters. The number of hydrogen-bond donors (Lipinski definition) is 1. The second kappa shape index (κ2) is 7.25. The van der Waals surface area contributed by atoms with Crippen LogP contribution in [0, 0.1) is 0 Å². The molecule has 16 heavy (non-hydrogen) atoms. The van der Waals surface area contributed by atoms with Gasteiger partial charge in [-0.1, -0.05) is 6.92 Å². The molecule has 0 amide bonds. The average Bonchev–Trinajstić information content (AvgIpc) is 2.29. The van der Waals surface area contributed by atoms with Gasteiger partial charge < -0.3 is 10.1 Å². The van der Waals surface area contributed by atoms with Crippen LogP contribution in [0.4, 0.5) is 0 Å². The highest BCUT2D eigenvalue weighted by atomic mass is 16.5. The van der Waals surface area contributed by atoms with E-state index in [1.807, 2.05) is 0 Å². The van der Waals surface area contributed by atoms with Gasteiger partial charge in [-0.2, -0.15) is 0 Å². The van der Waals surface area contributed by atoms with Crippen LogP contribution < -0.4 is 5.32 Å². The summed E-state index contributed by atoms with van der Waals surface area (Å²) in [4.78, 5) is 2.42. The quantitative estimate of drug-likeness (QED) is 0.751. The van der Waals surface area contributed by atoms with E-state index in [9.17, 15) is 0 Å². The number of rotatable bonds is 6. The van der Waals surface area contributed by atoms with Gasteiger partial charge in [-0.15, -0.1) is 0 Å². The largest absolute Gasteiger partial charge is 0.377 e. The normalized spacial score (nSPS) is 25.7. The molecule has 1 N–H and O–H groups in total. The standard InChI is InChI=1S/C13H28N2O/c1-5-14-11(2)12(3)15(4)10-13-8-6-7-9-16-13/h11-14H,5-10H2,1-4H3. The molecule has 0 aromatic heterocycles. The molecule has 1 aliphatic rings. The van der Waals surface area contributed by atoms with Gasteiger partial charge in [-0.05, 0) is 46.7 Å². The second-order valence-electron chi connectivity index (χ2n) is 5.02. The monoisotopic (exact) mass is 228 g/mol. The average molecular weight is 228 g/mol. The predicted octanol–water partition coefficient (Wildman–Crippen LogP) is 1.87. The highest BCUT2D eigenvalue weighted by molar-refractivity contribution is 4.78. The lowest BCUT2D eigenvalue weighted by Crippen LogP contribution is -2.48. The summed E-state index contributed by atoms with van der Waals surface area (Å²) in [5.41, 5.74) is 0. The van der Waals surface area contributed by atoms with E-state index in [4.69, 9.17) is 4.74 Å². The molecule has 1 aliphatic heterocycles. The predicted molar refractivity (Wildman–Crippen MR) is 68.8 cm³/mol. The van der Waals surface area contributed by atoms with Crippen molar-refractivity contribution < 1.29 is 4.74 Å². The molecular formula is C13H28N2O. The van der Waals surface area contributed by atoms with Crippen LogP contribution in [0.1, 0.15) is 40.0 Å². The fourth-order valence-electron chi connectivity index (χ4n) is 2.31. The Morgan fingerprint density at radius 2 is 2.12 bits per heavy atom. The summed E-state index contributed by atoms with van der Waals surface area (Å²) in [5, 5.41) is 3.48. The summed E-state index contributed by atoms with van der Waals surface area (Å²) < 4.78 is 5.78. The van der Waals surface area contributed by atoms with Crippen LogP contribution in [-0.2, 0) is 4.74 Å². The zero-order chi connectivity index (χ0) is 12.0. The molecule has 3 heteroatoms. The summed E-state index contributed by atoms with van der Waals surface area (Å²) in [5.74, 6) is 0. The van der Waals surface area contributed by atoms with Crippen LogP contribution in [0.15, 0.2) is 0 Å². The molecule has 3 nitrogen and oxygen atoms in total. The maximum Gasteiger partial charge on any atom is 0.0702 e. The molecule has 96 valence electrons. The lowest BCUT2D eigenvalue weighted by atomic mass is 10.1. The van der Waals surface area contributed by atoms with Crippen molar-refractivity contribution in [3.05, 3.63) is 0 Å². The molecule has 1 rings (SSSR count). The van der Waals surface area contributed by atoms with Gasteiger partial charge in [0, 0.05) is 25.2 Å². The smallest absolute Gasteiger partial charge is 0.0702 e. The van der Waals surface area contributed by atoms with E-state index in [-0.39, 0.29) is 0 Å². The third-order valence-electron chi connectivity index (χ3n) is 3.71. The lowest BCUT2D eigenvalue weighted by Gasteiger charge is -2.34. The van der Waals surface area contributed by atoms with E-state index in [2.05, 4.69) is 38.0 Å². The van der Waals surface area contributed by atoms with Crippen molar-refractivity contribution in [2.75, 3.05) is 26.7 Å². The van der Waals surface area contributed by atoms with Crippen molar-refractivity contribution >= 4 is 0 Å². The highest BCUT2D eigenvalue weighted by Crippen LogP contribution is 2.14. The Labute approximate surface area is 101 Å². The van der Waals surface area contributed by atoms with Gasteiger partial charge in [-0.25, -0.2) is 0 Å². The van der Waals surface area contributed by atoms with E-state index in [0.29, 0.717) is 18.2 Å². The number of likely N-dealkylation sites (N-methyl/N-ethyl adjacent to an activating group) is 2. The Balaban J connectivity index is 2.29. The topological polar surface area (TPSA) is 24.5 Å². The van der Waals surface area contributed by atoms with Gasteiger partial charge in [0.2, 0.25) is 0 Å². The third-order valence-corrected chi connectivity index (χ3v) is 3.71. The molecule has 1 saturated heterocycles. The first kappa shape index (κ1) is 13.9. The van der Waals surface area contributed by atoms with Gasteiger partial charge in [-0.3, -0.25) is 4.90 Å². The fraction of sp³-hybridized carbons (Fsp3) is 1.00. The Kier molecular flexibility index (Phi) is 6.32. The fourth-order valence-corrected chi connectivity index (χ4v) is 2.31. The van der Waals surface area contributed by atoms with Crippen molar-refractivity contribution in [2.45, 2.75) is 58.2 Å². The van der Waals surface area contributed by atoms with Crippen LogP contribution in [0.3, 0.4) is 0 Å². The molecule has 1 heterocycles. The molecule has 0 spiro atoms. The molecular weight excluding hydrogens is 200 g/mol. The molecule has 0 aromatic carbocycles. The first-order valence-corrected chi connectivity index (χ1v) is 6.70. The zero-order valence-electron chi connectivity index (χ0n) is 11.3. The Hall–Kier alpha value is -0.120. The molecule has 0 bridgehead atoms. The number of hydrogen-bond acceptors (Lipinski definition) is 3. The van der Waals surface area contributed by atoms with Gasteiger partial charge in [0.05, 0.1) is 6.10 Å². The first-order valence-electron chi connectivity index (χ1n) is 6.70. The van der Waals surface area contributed by atoms with Crippen LogP contribution >= 0.6 is 0 Å². The maximum absolute atomic E-state index is 5.78. The third kappa shape index (κ3) is 4.40. The highest BCUT2D eigenvalue weighted by Gasteiger charge is 2.21. The van der Waals surface area contributed by atoms with Crippen molar-refractivity contribution in [3.8, 4) is 0 Å². The molecule has 3 unspecified atom stereocenters.